The highest BCUT2D eigenvalue weighted by atomic mass is 35.5. The number of fused-ring (bicyclic) bond motifs is 1. The molecule has 12 heteroatoms. The lowest BCUT2D eigenvalue weighted by Gasteiger charge is -2.23. The molecule has 2 aromatic carbocycles. The number of hydrogen-bond acceptors (Lipinski definition) is 5. The van der Waals surface area contributed by atoms with Gasteiger partial charge in [-0.15, -0.1) is 0 Å². The van der Waals surface area contributed by atoms with Gasteiger partial charge < -0.3 is 16.0 Å². The van der Waals surface area contributed by atoms with Gasteiger partial charge in [-0.25, -0.2) is 0 Å². The van der Waals surface area contributed by atoms with E-state index >= 15 is 0 Å². The standard InChI is InChI=1S/C20H13Cl4N5O3/c21-8-3-9(22)5-11(4-8)26-20-28-17-16(19(32)29-20)12(7-15(30)27-17)18(31)25-10-1-2-13(23)14(24)6-10/h1-6,12H,7H2,(H,25,31)(H3,26,27,28,29,30,32). The van der Waals surface area contributed by atoms with Gasteiger partial charge in [0.15, 0.2) is 0 Å². The average molecular weight is 513 g/mol. The molecule has 164 valence electrons. The number of aromatic nitrogens is 2. The van der Waals surface area contributed by atoms with Crippen LogP contribution in [0.25, 0.3) is 0 Å². The molecule has 3 aromatic rings. The first-order valence-corrected chi connectivity index (χ1v) is 10.6. The number of anilines is 4. The lowest BCUT2D eigenvalue weighted by atomic mass is 9.92. The molecule has 4 rings (SSSR count). The molecule has 4 N–H and O–H groups in total. The number of nitrogens with one attached hydrogen (secondary N) is 4. The van der Waals surface area contributed by atoms with E-state index in [1.165, 1.54) is 12.1 Å². The largest absolute Gasteiger partial charge is 0.326 e. The molecule has 1 aliphatic rings. The van der Waals surface area contributed by atoms with E-state index in [0.717, 1.165) is 0 Å². The molecule has 2 heterocycles. The monoisotopic (exact) mass is 511 g/mol. The van der Waals surface area contributed by atoms with Gasteiger partial charge in [0.25, 0.3) is 5.56 Å². The first kappa shape index (κ1) is 22.4. The molecule has 0 bridgehead atoms. The Balaban J connectivity index is 1.64. The maximum atomic E-state index is 12.9. The minimum absolute atomic E-state index is 0.0186. The van der Waals surface area contributed by atoms with E-state index in [1.54, 1.807) is 24.3 Å². The molecular formula is C20H13Cl4N5O3. The maximum Gasteiger partial charge on any atom is 0.258 e. The zero-order chi connectivity index (χ0) is 23.0. The topological polar surface area (TPSA) is 116 Å². The molecule has 8 nitrogen and oxygen atoms in total. The third-order valence-corrected chi connectivity index (χ3v) is 5.76. The Morgan fingerprint density at radius 3 is 2.38 bits per heavy atom. The summed E-state index contributed by atoms with van der Waals surface area (Å²) in [6, 6.07) is 9.26. The highest BCUT2D eigenvalue weighted by Gasteiger charge is 2.34. The van der Waals surface area contributed by atoms with Crippen molar-refractivity contribution >= 4 is 81.4 Å². The van der Waals surface area contributed by atoms with Crippen molar-refractivity contribution in [3.63, 3.8) is 0 Å². The van der Waals surface area contributed by atoms with Crippen LogP contribution >= 0.6 is 46.4 Å². The highest BCUT2D eigenvalue weighted by Crippen LogP contribution is 2.32. The smallest absolute Gasteiger partial charge is 0.258 e. The van der Waals surface area contributed by atoms with Crippen LogP contribution in [0.4, 0.5) is 23.1 Å². The van der Waals surface area contributed by atoms with Crippen LogP contribution in [0.3, 0.4) is 0 Å². The number of hydrogen-bond donors (Lipinski definition) is 4. The minimum atomic E-state index is -1.06. The Labute approximate surface area is 201 Å². The molecule has 1 unspecified atom stereocenters. The molecule has 32 heavy (non-hydrogen) atoms. The van der Waals surface area contributed by atoms with E-state index in [9.17, 15) is 14.4 Å². The van der Waals surface area contributed by atoms with E-state index in [2.05, 4.69) is 25.9 Å². The van der Waals surface area contributed by atoms with E-state index in [1.807, 2.05) is 0 Å². The number of H-pyrrole nitrogens is 1. The number of nitrogens with zero attached hydrogens (tertiary/aromatic N) is 1. The third-order valence-electron chi connectivity index (χ3n) is 4.58. The van der Waals surface area contributed by atoms with Crippen molar-refractivity contribution in [3.05, 3.63) is 72.4 Å². The number of rotatable bonds is 4. The van der Waals surface area contributed by atoms with E-state index < -0.39 is 23.3 Å². The summed E-state index contributed by atoms with van der Waals surface area (Å²) < 4.78 is 0. The molecule has 1 atom stereocenters. The minimum Gasteiger partial charge on any atom is -0.326 e. The SMILES string of the molecule is O=C1CC(C(=O)Nc2ccc(Cl)c(Cl)c2)c2c(nc(Nc3cc(Cl)cc(Cl)c3)[nH]c2=O)N1. The van der Waals surface area contributed by atoms with Crippen molar-refractivity contribution in [3.8, 4) is 0 Å². The van der Waals surface area contributed by atoms with Crippen LogP contribution in [-0.4, -0.2) is 21.8 Å². The number of carbonyl (C=O) groups is 2. The van der Waals surface area contributed by atoms with Gasteiger partial charge in [-0.2, -0.15) is 4.98 Å². The highest BCUT2D eigenvalue weighted by molar-refractivity contribution is 6.42. The predicted molar refractivity (Wildman–Crippen MR) is 126 cm³/mol. The molecule has 1 aliphatic heterocycles. The van der Waals surface area contributed by atoms with Gasteiger partial charge in [-0.05, 0) is 36.4 Å². The van der Waals surface area contributed by atoms with Gasteiger partial charge in [0.1, 0.15) is 5.82 Å². The van der Waals surface area contributed by atoms with Crippen molar-refractivity contribution in [1.82, 2.24) is 9.97 Å². The normalized spacial score (nSPS) is 15.0. The molecule has 0 saturated carbocycles. The molecule has 0 aliphatic carbocycles. The summed E-state index contributed by atoms with van der Waals surface area (Å²) in [5.41, 5.74) is 0.302. The van der Waals surface area contributed by atoms with Crippen molar-refractivity contribution in [2.75, 3.05) is 16.0 Å². The van der Waals surface area contributed by atoms with Crippen LogP contribution in [0, 0.1) is 0 Å². The van der Waals surface area contributed by atoms with Gasteiger partial charge in [0.2, 0.25) is 17.8 Å². The van der Waals surface area contributed by atoms with Crippen LogP contribution in [-0.2, 0) is 9.59 Å². The first-order valence-electron chi connectivity index (χ1n) is 9.12. The quantitative estimate of drug-likeness (QED) is 0.383. The molecule has 1 aromatic heterocycles. The third kappa shape index (κ3) is 4.83. The second kappa shape index (κ2) is 8.99. The summed E-state index contributed by atoms with van der Waals surface area (Å²) in [5.74, 6) is -2.05. The Morgan fingerprint density at radius 2 is 1.69 bits per heavy atom. The molecule has 0 radical (unpaired) electrons. The Bertz CT molecular complexity index is 1290. The Kier molecular flexibility index (Phi) is 6.30. The van der Waals surface area contributed by atoms with Gasteiger partial charge in [-0.1, -0.05) is 46.4 Å². The van der Waals surface area contributed by atoms with Gasteiger partial charge >= 0.3 is 0 Å². The van der Waals surface area contributed by atoms with Crippen LogP contribution in [0.5, 0.6) is 0 Å². The molecular weight excluding hydrogens is 500 g/mol. The lowest BCUT2D eigenvalue weighted by molar-refractivity contribution is -0.123. The number of benzene rings is 2. The first-order chi connectivity index (χ1) is 15.2. The second-order valence-electron chi connectivity index (χ2n) is 6.88. The van der Waals surface area contributed by atoms with Crippen molar-refractivity contribution in [1.29, 1.82) is 0 Å². The number of aromatic amines is 1. The number of amides is 2. The van der Waals surface area contributed by atoms with Crippen LogP contribution < -0.4 is 21.5 Å². The Hall–Kier alpha value is -2.78. The van der Waals surface area contributed by atoms with Crippen LogP contribution in [0.1, 0.15) is 17.9 Å². The summed E-state index contributed by atoms with van der Waals surface area (Å²) in [7, 11) is 0. The van der Waals surface area contributed by atoms with Gasteiger partial charge in [0, 0.05) is 27.8 Å². The van der Waals surface area contributed by atoms with E-state index in [4.69, 9.17) is 46.4 Å². The molecule has 0 fully saturated rings. The fourth-order valence-corrected chi connectivity index (χ4v) is 4.04. The summed E-state index contributed by atoms with van der Waals surface area (Å²) >= 11 is 23.8. The van der Waals surface area contributed by atoms with Crippen LogP contribution in [0.15, 0.2) is 41.2 Å². The van der Waals surface area contributed by atoms with Crippen molar-refractivity contribution in [2.24, 2.45) is 0 Å². The molecule has 0 spiro atoms. The van der Waals surface area contributed by atoms with Crippen molar-refractivity contribution in [2.45, 2.75) is 12.3 Å². The van der Waals surface area contributed by atoms with Gasteiger partial charge in [0.05, 0.1) is 21.5 Å². The number of carbonyl (C=O) groups excluding carboxylic acids is 2. The lowest BCUT2D eigenvalue weighted by Crippen LogP contribution is -2.36. The fourth-order valence-electron chi connectivity index (χ4n) is 3.22. The van der Waals surface area contributed by atoms with E-state index in [-0.39, 0.29) is 28.8 Å². The Morgan fingerprint density at radius 1 is 0.969 bits per heavy atom. The summed E-state index contributed by atoms with van der Waals surface area (Å²) in [5, 5.41) is 9.40. The average Bonchev–Trinajstić information content (AvgIpc) is 2.69. The zero-order valence-electron chi connectivity index (χ0n) is 15.9. The fraction of sp³-hybridized carbons (Fsp3) is 0.100. The molecule has 2 amide bonds. The summed E-state index contributed by atoms with van der Waals surface area (Å²) in [6.07, 6.45) is -0.221. The second-order valence-corrected chi connectivity index (χ2v) is 8.57. The maximum absolute atomic E-state index is 12.9. The number of halogens is 4. The molecule has 0 saturated heterocycles. The summed E-state index contributed by atoms with van der Waals surface area (Å²) in [4.78, 5) is 44.7. The summed E-state index contributed by atoms with van der Waals surface area (Å²) in [6.45, 7) is 0. The zero-order valence-corrected chi connectivity index (χ0v) is 19.0. The van der Waals surface area contributed by atoms with Crippen LogP contribution in [0.2, 0.25) is 20.1 Å². The van der Waals surface area contributed by atoms with Crippen molar-refractivity contribution < 1.29 is 9.59 Å². The van der Waals surface area contributed by atoms with E-state index in [0.29, 0.717) is 26.4 Å². The predicted octanol–water partition coefficient (Wildman–Crippen LogP) is 5.19. The van der Waals surface area contributed by atoms with Gasteiger partial charge in [-0.3, -0.25) is 19.4 Å².